The average molecular weight is 393 g/mol. The Bertz CT molecular complexity index is 692. The van der Waals surface area contributed by atoms with Crippen molar-refractivity contribution in [2.75, 3.05) is 7.11 Å². The minimum Gasteiger partial charge on any atom is -0.480 e. The highest BCUT2D eigenvalue weighted by molar-refractivity contribution is 5.93. The highest BCUT2D eigenvalue weighted by Crippen LogP contribution is 2.07. The van der Waals surface area contributed by atoms with E-state index in [9.17, 15) is 19.2 Å². The smallest absolute Gasteiger partial charge is 0.407 e. The maximum absolute atomic E-state index is 12.7. The van der Waals surface area contributed by atoms with Crippen LogP contribution in [0.3, 0.4) is 0 Å². The molecule has 0 saturated carbocycles. The van der Waals surface area contributed by atoms with Crippen LogP contribution in [0.15, 0.2) is 30.3 Å². The van der Waals surface area contributed by atoms with Gasteiger partial charge in [-0.3, -0.25) is 14.4 Å². The topological polar surface area (TPSA) is 134 Å². The number of carboxylic acids is 1. The third-order valence-corrected chi connectivity index (χ3v) is 4.05. The van der Waals surface area contributed by atoms with Crippen molar-refractivity contribution in [2.45, 2.75) is 45.3 Å². The summed E-state index contributed by atoms with van der Waals surface area (Å²) in [5.74, 6) is -2.66. The van der Waals surface area contributed by atoms with E-state index < -0.39 is 42.0 Å². The summed E-state index contributed by atoms with van der Waals surface area (Å²) in [5, 5.41) is 16.4. The zero-order valence-electron chi connectivity index (χ0n) is 16.4. The van der Waals surface area contributed by atoms with Crippen LogP contribution < -0.4 is 16.0 Å². The lowest BCUT2D eigenvalue weighted by Crippen LogP contribution is -2.57. The molecule has 4 N–H and O–H groups in total. The molecule has 0 radical (unpaired) electrons. The van der Waals surface area contributed by atoms with E-state index in [1.54, 1.807) is 38.1 Å². The molecule has 0 heterocycles. The second kappa shape index (κ2) is 10.9. The number of alkyl carbamates (subject to hydrolysis) is 1. The fraction of sp³-hybridized carbons (Fsp3) is 0.474. The summed E-state index contributed by atoms with van der Waals surface area (Å²) >= 11 is 0. The summed E-state index contributed by atoms with van der Waals surface area (Å²) in [6, 6.07) is 5.94. The number of rotatable bonds is 9. The summed E-state index contributed by atoms with van der Waals surface area (Å²) in [6.45, 7) is 4.80. The van der Waals surface area contributed by atoms with Gasteiger partial charge < -0.3 is 25.8 Å². The van der Waals surface area contributed by atoms with Crippen molar-refractivity contribution in [2.24, 2.45) is 5.92 Å². The Hall–Kier alpha value is -3.10. The van der Waals surface area contributed by atoms with Gasteiger partial charge in [-0.1, -0.05) is 44.2 Å². The van der Waals surface area contributed by atoms with Gasteiger partial charge in [0.25, 0.3) is 0 Å². The Kier molecular flexibility index (Phi) is 8.94. The van der Waals surface area contributed by atoms with Gasteiger partial charge in [0.15, 0.2) is 0 Å². The summed E-state index contributed by atoms with van der Waals surface area (Å²) in [5.41, 5.74) is 0.785. The predicted molar refractivity (Wildman–Crippen MR) is 101 cm³/mol. The molecule has 3 atom stereocenters. The van der Waals surface area contributed by atoms with Gasteiger partial charge in [-0.15, -0.1) is 0 Å². The predicted octanol–water partition coefficient (Wildman–Crippen LogP) is 0.684. The SMILES string of the molecule is COC(=O)NC(C(=O)NC(Cc1ccccc1)C(=O)N[C@@H](C)C(=O)O)C(C)C. The first-order valence-electron chi connectivity index (χ1n) is 8.87. The highest BCUT2D eigenvalue weighted by Gasteiger charge is 2.30. The zero-order valence-corrected chi connectivity index (χ0v) is 16.4. The number of amides is 3. The van der Waals surface area contributed by atoms with Crippen LogP contribution in [0.25, 0.3) is 0 Å². The van der Waals surface area contributed by atoms with Gasteiger partial charge in [-0.25, -0.2) is 4.79 Å². The number of carbonyl (C=O) groups is 4. The van der Waals surface area contributed by atoms with E-state index in [1.807, 2.05) is 6.07 Å². The molecule has 9 nitrogen and oxygen atoms in total. The van der Waals surface area contributed by atoms with Crippen LogP contribution in [0.2, 0.25) is 0 Å². The number of hydrogen-bond acceptors (Lipinski definition) is 5. The number of benzene rings is 1. The van der Waals surface area contributed by atoms with Gasteiger partial charge >= 0.3 is 12.1 Å². The standard InChI is InChI=1S/C19H27N3O6/c1-11(2)15(22-19(27)28-4)17(24)21-14(10-13-8-6-5-7-9-13)16(23)20-12(3)18(25)26/h5-9,11-12,14-15H,10H2,1-4H3,(H,20,23)(H,21,24)(H,22,27)(H,25,26)/t12-,14?,15?/m0/s1. The highest BCUT2D eigenvalue weighted by atomic mass is 16.5. The van der Waals surface area contributed by atoms with E-state index in [4.69, 9.17) is 5.11 Å². The van der Waals surface area contributed by atoms with Gasteiger partial charge in [-0.05, 0) is 18.4 Å². The molecule has 1 aromatic carbocycles. The molecule has 1 rings (SSSR count). The molecule has 0 aliphatic heterocycles. The minimum atomic E-state index is -1.19. The van der Waals surface area contributed by atoms with E-state index in [2.05, 4.69) is 20.7 Å². The van der Waals surface area contributed by atoms with Crippen LogP contribution in [-0.2, 0) is 25.5 Å². The van der Waals surface area contributed by atoms with E-state index in [1.165, 1.54) is 14.0 Å². The molecule has 0 aliphatic carbocycles. The largest absolute Gasteiger partial charge is 0.480 e. The lowest BCUT2D eigenvalue weighted by atomic mass is 10.0. The monoisotopic (exact) mass is 393 g/mol. The van der Waals surface area contributed by atoms with Gasteiger partial charge in [0.05, 0.1) is 7.11 Å². The fourth-order valence-electron chi connectivity index (χ4n) is 2.42. The van der Waals surface area contributed by atoms with Crippen LogP contribution in [0.4, 0.5) is 4.79 Å². The van der Waals surface area contributed by atoms with E-state index in [0.29, 0.717) is 0 Å². The molecule has 28 heavy (non-hydrogen) atoms. The van der Waals surface area contributed by atoms with Crippen LogP contribution in [-0.4, -0.2) is 54.2 Å². The summed E-state index contributed by atoms with van der Waals surface area (Å²) < 4.78 is 4.53. The van der Waals surface area contributed by atoms with Crippen molar-refractivity contribution in [1.29, 1.82) is 0 Å². The Labute approximate surface area is 163 Å². The van der Waals surface area contributed by atoms with Crippen molar-refractivity contribution < 1.29 is 29.0 Å². The van der Waals surface area contributed by atoms with Gasteiger partial charge in [0.2, 0.25) is 11.8 Å². The molecular formula is C19H27N3O6. The lowest BCUT2D eigenvalue weighted by Gasteiger charge is -2.25. The number of carbonyl (C=O) groups excluding carboxylic acids is 3. The molecule has 0 aromatic heterocycles. The molecule has 0 fully saturated rings. The summed E-state index contributed by atoms with van der Waals surface area (Å²) in [6.07, 6.45) is -0.606. The number of aliphatic carboxylic acids is 1. The maximum Gasteiger partial charge on any atom is 0.407 e. The number of carboxylic acid groups (broad SMARTS) is 1. The Balaban J connectivity index is 2.99. The average Bonchev–Trinajstić information content (AvgIpc) is 2.65. The summed E-state index contributed by atoms with van der Waals surface area (Å²) in [7, 11) is 1.18. The van der Waals surface area contributed by atoms with E-state index >= 15 is 0 Å². The molecular weight excluding hydrogens is 366 g/mol. The van der Waals surface area contributed by atoms with E-state index in [0.717, 1.165) is 5.56 Å². The Morgan fingerprint density at radius 2 is 1.57 bits per heavy atom. The first-order valence-corrected chi connectivity index (χ1v) is 8.87. The first kappa shape index (κ1) is 22.9. The molecule has 0 spiro atoms. The van der Waals surface area contributed by atoms with E-state index in [-0.39, 0.29) is 12.3 Å². The van der Waals surface area contributed by atoms with Gasteiger partial charge in [0, 0.05) is 6.42 Å². The molecule has 0 saturated heterocycles. The van der Waals surface area contributed by atoms with Crippen molar-refractivity contribution in [3.05, 3.63) is 35.9 Å². The number of hydrogen-bond donors (Lipinski definition) is 4. The van der Waals surface area contributed by atoms with Crippen LogP contribution in [0.1, 0.15) is 26.3 Å². The molecule has 154 valence electrons. The van der Waals surface area contributed by atoms with Crippen molar-refractivity contribution in [3.8, 4) is 0 Å². The Morgan fingerprint density at radius 1 is 0.964 bits per heavy atom. The number of ether oxygens (including phenoxy) is 1. The lowest BCUT2D eigenvalue weighted by molar-refractivity contribution is -0.141. The first-order chi connectivity index (χ1) is 13.1. The fourth-order valence-corrected chi connectivity index (χ4v) is 2.42. The molecule has 1 aromatic rings. The molecule has 0 aliphatic rings. The number of methoxy groups -OCH3 is 1. The van der Waals surface area contributed by atoms with Crippen LogP contribution >= 0.6 is 0 Å². The van der Waals surface area contributed by atoms with Crippen LogP contribution in [0.5, 0.6) is 0 Å². The molecule has 9 heteroatoms. The van der Waals surface area contributed by atoms with Gasteiger partial charge in [0.1, 0.15) is 18.1 Å². The summed E-state index contributed by atoms with van der Waals surface area (Å²) in [4.78, 5) is 47.8. The Morgan fingerprint density at radius 3 is 2.07 bits per heavy atom. The van der Waals surface area contributed by atoms with Crippen LogP contribution in [0, 0.1) is 5.92 Å². The minimum absolute atomic E-state index is 0.161. The molecule has 2 unspecified atom stereocenters. The van der Waals surface area contributed by atoms with Crippen molar-refractivity contribution >= 4 is 23.9 Å². The normalized spacial score (nSPS) is 13.8. The van der Waals surface area contributed by atoms with Gasteiger partial charge in [-0.2, -0.15) is 0 Å². The second-order valence-corrected chi connectivity index (χ2v) is 6.68. The quantitative estimate of drug-likeness (QED) is 0.488. The van der Waals surface area contributed by atoms with Crippen molar-refractivity contribution in [3.63, 3.8) is 0 Å². The molecule has 0 bridgehead atoms. The third kappa shape index (κ3) is 7.26. The third-order valence-electron chi connectivity index (χ3n) is 4.05. The second-order valence-electron chi connectivity index (χ2n) is 6.68. The zero-order chi connectivity index (χ0) is 21.3. The maximum atomic E-state index is 12.7. The molecule has 3 amide bonds. The number of nitrogens with one attached hydrogen (secondary N) is 3. The van der Waals surface area contributed by atoms with Crippen molar-refractivity contribution in [1.82, 2.24) is 16.0 Å².